The normalized spacial score (nSPS) is 16.1. The van der Waals surface area contributed by atoms with Gasteiger partial charge in [-0.25, -0.2) is 4.79 Å². The predicted molar refractivity (Wildman–Crippen MR) is 116 cm³/mol. The van der Waals surface area contributed by atoms with Crippen LogP contribution in [0.4, 0.5) is 10.5 Å². The number of urea groups is 1. The summed E-state index contributed by atoms with van der Waals surface area (Å²) in [5.41, 5.74) is 1.56. The number of carbonyl (C=O) groups excluding carboxylic acids is 1. The van der Waals surface area contributed by atoms with Crippen molar-refractivity contribution in [3.8, 4) is 22.9 Å². The Labute approximate surface area is 181 Å². The summed E-state index contributed by atoms with van der Waals surface area (Å²) in [6.45, 7) is 3.76. The van der Waals surface area contributed by atoms with Crippen LogP contribution in [0.25, 0.3) is 11.4 Å². The van der Waals surface area contributed by atoms with Crippen LogP contribution in [0.15, 0.2) is 53.1 Å². The third-order valence-electron chi connectivity index (χ3n) is 5.24. The van der Waals surface area contributed by atoms with Gasteiger partial charge in [0.25, 0.3) is 0 Å². The highest BCUT2D eigenvalue weighted by molar-refractivity contribution is 5.89. The van der Waals surface area contributed by atoms with Crippen molar-refractivity contribution in [3.63, 3.8) is 0 Å². The fraction of sp³-hybridized carbons (Fsp3) is 0.348. The van der Waals surface area contributed by atoms with Crippen molar-refractivity contribution in [1.29, 1.82) is 0 Å². The van der Waals surface area contributed by atoms with Crippen LogP contribution in [0.3, 0.4) is 0 Å². The smallest absolute Gasteiger partial charge is 0.321 e. The van der Waals surface area contributed by atoms with Gasteiger partial charge in [0.2, 0.25) is 11.7 Å². The van der Waals surface area contributed by atoms with E-state index in [1.54, 1.807) is 12.0 Å². The molecule has 0 aliphatic carbocycles. The minimum Gasteiger partial charge on any atom is -0.497 e. The number of nitrogens with zero attached hydrogens (tertiary/aromatic N) is 3. The molecule has 2 aromatic carbocycles. The number of hydrogen-bond donors (Lipinski definition) is 1. The van der Waals surface area contributed by atoms with E-state index in [0.29, 0.717) is 31.4 Å². The van der Waals surface area contributed by atoms with E-state index in [2.05, 4.69) is 15.5 Å². The maximum Gasteiger partial charge on any atom is 0.321 e. The Morgan fingerprint density at radius 1 is 1.23 bits per heavy atom. The number of methoxy groups -OCH3 is 1. The van der Waals surface area contributed by atoms with Gasteiger partial charge < -0.3 is 24.2 Å². The summed E-state index contributed by atoms with van der Waals surface area (Å²) >= 11 is 0. The molecule has 4 rings (SSSR count). The second-order valence-electron chi connectivity index (χ2n) is 7.36. The van der Waals surface area contributed by atoms with Gasteiger partial charge >= 0.3 is 6.03 Å². The second kappa shape index (κ2) is 9.51. The number of hydrogen-bond acceptors (Lipinski definition) is 6. The molecule has 0 spiro atoms. The van der Waals surface area contributed by atoms with Crippen molar-refractivity contribution in [1.82, 2.24) is 15.0 Å². The average molecular weight is 422 g/mol. The number of ether oxygens (including phenoxy) is 2. The van der Waals surface area contributed by atoms with Gasteiger partial charge in [-0.15, -0.1) is 0 Å². The van der Waals surface area contributed by atoms with Gasteiger partial charge in [-0.05, 0) is 56.2 Å². The molecule has 1 aliphatic rings. The van der Waals surface area contributed by atoms with Gasteiger partial charge in [-0.3, -0.25) is 0 Å². The molecule has 1 saturated heterocycles. The summed E-state index contributed by atoms with van der Waals surface area (Å²) in [6.07, 6.45) is 1.77. The number of likely N-dealkylation sites (tertiary alicyclic amines) is 1. The zero-order chi connectivity index (χ0) is 21.6. The molecule has 8 nitrogen and oxygen atoms in total. The van der Waals surface area contributed by atoms with Crippen molar-refractivity contribution in [2.24, 2.45) is 0 Å². The molecular formula is C23H26N4O4. The minimum atomic E-state index is -0.138. The first-order valence-electron chi connectivity index (χ1n) is 10.4. The Morgan fingerprint density at radius 3 is 2.84 bits per heavy atom. The molecule has 1 aromatic heterocycles. The van der Waals surface area contributed by atoms with Crippen molar-refractivity contribution in [3.05, 3.63) is 54.4 Å². The van der Waals surface area contributed by atoms with Crippen molar-refractivity contribution < 1.29 is 18.8 Å². The average Bonchev–Trinajstić information content (AvgIpc) is 3.31. The summed E-state index contributed by atoms with van der Waals surface area (Å²) in [6, 6.07) is 14.8. The van der Waals surface area contributed by atoms with Crippen LogP contribution < -0.4 is 14.8 Å². The molecule has 1 atom stereocenters. The third kappa shape index (κ3) is 4.96. The Bertz CT molecular complexity index is 1020. The van der Waals surface area contributed by atoms with E-state index < -0.39 is 0 Å². The van der Waals surface area contributed by atoms with Crippen molar-refractivity contribution in [2.45, 2.75) is 25.7 Å². The number of piperidine rings is 1. The summed E-state index contributed by atoms with van der Waals surface area (Å²) in [5.74, 6) is 2.59. The quantitative estimate of drug-likeness (QED) is 0.627. The zero-order valence-electron chi connectivity index (χ0n) is 17.7. The number of benzene rings is 2. The third-order valence-corrected chi connectivity index (χ3v) is 5.24. The lowest BCUT2D eigenvalue weighted by Crippen LogP contribution is -2.41. The van der Waals surface area contributed by atoms with Crippen molar-refractivity contribution in [2.75, 3.05) is 32.1 Å². The topological polar surface area (TPSA) is 89.7 Å². The number of carbonyl (C=O) groups is 1. The van der Waals surface area contributed by atoms with Crippen molar-refractivity contribution >= 4 is 11.7 Å². The Morgan fingerprint density at radius 2 is 2.06 bits per heavy atom. The highest BCUT2D eigenvalue weighted by Crippen LogP contribution is 2.29. The Kier molecular flexibility index (Phi) is 6.35. The first-order chi connectivity index (χ1) is 15.2. The maximum absolute atomic E-state index is 12.8. The maximum atomic E-state index is 12.8. The molecule has 0 bridgehead atoms. The number of aromatic nitrogens is 2. The number of rotatable bonds is 6. The fourth-order valence-electron chi connectivity index (χ4n) is 3.65. The van der Waals surface area contributed by atoms with E-state index in [1.807, 2.05) is 55.5 Å². The second-order valence-corrected chi connectivity index (χ2v) is 7.36. The van der Waals surface area contributed by atoms with Gasteiger partial charge in [-0.2, -0.15) is 4.98 Å². The first-order valence-corrected chi connectivity index (χ1v) is 10.4. The molecule has 1 aliphatic heterocycles. The lowest BCUT2D eigenvalue weighted by atomic mass is 9.98. The summed E-state index contributed by atoms with van der Waals surface area (Å²) in [4.78, 5) is 19.1. The molecular weight excluding hydrogens is 396 g/mol. The van der Waals surface area contributed by atoms with Crippen LogP contribution in [0, 0.1) is 0 Å². The van der Waals surface area contributed by atoms with Crippen LogP contribution in [-0.2, 0) is 0 Å². The molecule has 31 heavy (non-hydrogen) atoms. The van der Waals surface area contributed by atoms with Gasteiger partial charge in [0, 0.05) is 24.3 Å². The van der Waals surface area contributed by atoms with E-state index in [9.17, 15) is 4.79 Å². The van der Waals surface area contributed by atoms with Gasteiger partial charge in [0.15, 0.2) is 0 Å². The zero-order valence-corrected chi connectivity index (χ0v) is 17.7. The van der Waals surface area contributed by atoms with Crippen LogP contribution in [0.1, 0.15) is 31.6 Å². The lowest BCUT2D eigenvalue weighted by molar-refractivity contribution is 0.184. The highest BCUT2D eigenvalue weighted by atomic mass is 16.5. The van der Waals surface area contributed by atoms with Gasteiger partial charge in [-0.1, -0.05) is 17.3 Å². The largest absolute Gasteiger partial charge is 0.497 e. The lowest BCUT2D eigenvalue weighted by Gasteiger charge is -2.31. The summed E-state index contributed by atoms with van der Waals surface area (Å²) < 4.78 is 16.2. The van der Waals surface area contributed by atoms with Crippen LogP contribution in [0.5, 0.6) is 11.5 Å². The van der Waals surface area contributed by atoms with Crippen LogP contribution >= 0.6 is 0 Å². The van der Waals surface area contributed by atoms with Crippen LogP contribution in [0.2, 0.25) is 0 Å². The minimum absolute atomic E-state index is 0.00619. The Hall–Kier alpha value is -3.55. The molecule has 0 radical (unpaired) electrons. The number of amides is 2. The highest BCUT2D eigenvalue weighted by Gasteiger charge is 2.29. The number of anilines is 1. The van der Waals surface area contributed by atoms with E-state index >= 15 is 0 Å². The van der Waals surface area contributed by atoms with Gasteiger partial charge in [0.1, 0.15) is 11.5 Å². The molecule has 1 fully saturated rings. The van der Waals surface area contributed by atoms with Crippen LogP contribution in [-0.4, -0.2) is 47.9 Å². The molecule has 162 valence electrons. The van der Waals surface area contributed by atoms with E-state index in [4.69, 9.17) is 14.0 Å². The summed E-state index contributed by atoms with van der Waals surface area (Å²) in [7, 11) is 1.62. The van der Waals surface area contributed by atoms with Gasteiger partial charge in [0.05, 0.1) is 19.6 Å². The molecule has 1 unspecified atom stereocenters. The summed E-state index contributed by atoms with van der Waals surface area (Å²) in [5, 5.41) is 7.07. The molecule has 2 heterocycles. The molecule has 3 aromatic rings. The van der Waals surface area contributed by atoms with E-state index in [-0.39, 0.29) is 11.9 Å². The molecule has 1 N–H and O–H groups in total. The molecule has 2 amide bonds. The first kappa shape index (κ1) is 20.7. The molecule has 0 saturated carbocycles. The molecule has 8 heteroatoms. The Balaban J connectivity index is 1.40. The predicted octanol–water partition coefficient (Wildman–Crippen LogP) is 4.56. The fourth-order valence-corrected chi connectivity index (χ4v) is 3.65. The van der Waals surface area contributed by atoms with E-state index in [0.717, 1.165) is 35.6 Å². The van der Waals surface area contributed by atoms with E-state index in [1.165, 1.54) is 0 Å². The SMILES string of the molecule is CCOc1ccc(NC(=O)N2CCCC(c3nc(-c4cccc(OC)c4)no3)C2)cc1. The number of nitrogens with one attached hydrogen (secondary N) is 1. The monoisotopic (exact) mass is 422 g/mol. The standard InChI is InChI=1S/C23H26N4O4/c1-3-30-19-11-9-18(10-12-19)24-23(28)27-13-5-7-17(15-27)22-25-21(26-31-22)16-6-4-8-20(14-16)29-2/h4,6,8-12,14,17H,3,5,7,13,15H2,1-2H3,(H,24,28).